The van der Waals surface area contributed by atoms with E-state index in [9.17, 15) is 9.59 Å². The number of benzene rings is 3. The van der Waals surface area contributed by atoms with E-state index in [1.165, 1.54) is 7.11 Å². The van der Waals surface area contributed by atoms with Gasteiger partial charge in [0.1, 0.15) is 23.4 Å². The number of methoxy groups -OCH3 is 1. The summed E-state index contributed by atoms with van der Waals surface area (Å²) in [6.45, 7) is 4.56. The largest absolute Gasteiger partial charge is 0.492 e. The number of rotatable bonds is 6. The summed E-state index contributed by atoms with van der Waals surface area (Å²) in [6.07, 6.45) is 3.06. The molecule has 1 aromatic heterocycles. The monoisotopic (exact) mass is 553 g/mol. The number of hydrogen-bond acceptors (Lipinski definition) is 5. The van der Waals surface area contributed by atoms with Crippen molar-refractivity contribution in [2.45, 2.75) is 45.1 Å². The van der Waals surface area contributed by atoms with Crippen molar-refractivity contribution in [3.05, 3.63) is 105 Å². The van der Waals surface area contributed by atoms with Crippen LogP contribution in [0.25, 0.3) is 22.3 Å². The van der Waals surface area contributed by atoms with Crippen LogP contribution < -0.4 is 15.0 Å². The smallest absolute Gasteiger partial charge is 0.306 e. The standard InChI is InChI=1S/C34H32FNO5/c1-19-13-22(21-5-12-31(37)36(3)17-21)14-20(2)33(19)26-8-10-28(35)34-27(26)9-11-29(34)41-24-6-7-25-23(15-32(38)39-4)18-40-30(25)16-24/h5-8,10,12-14,16-17,23,29H,9,11,15,18H2,1-4H3. The van der Waals surface area contributed by atoms with Gasteiger partial charge in [0, 0.05) is 42.4 Å². The lowest BCUT2D eigenvalue weighted by atomic mass is 9.88. The summed E-state index contributed by atoms with van der Waals surface area (Å²) < 4.78 is 33.9. The van der Waals surface area contributed by atoms with Crippen LogP contribution in [0.2, 0.25) is 0 Å². The van der Waals surface area contributed by atoms with Gasteiger partial charge in [0.2, 0.25) is 5.56 Å². The molecule has 3 aromatic carbocycles. The van der Waals surface area contributed by atoms with Crippen molar-refractivity contribution in [1.82, 2.24) is 4.57 Å². The van der Waals surface area contributed by atoms with E-state index in [1.807, 2.05) is 36.5 Å². The molecule has 2 unspecified atom stereocenters. The number of carbonyl (C=O) groups excluding carboxylic acids is 1. The van der Waals surface area contributed by atoms with Crippen molar-refractivity contribution in [2.24, 2.45) is 7.05 Å². The van der Waals surface area contributed by atoms with E-state index in [2.05, 4.69) is 26.0 Å². The number of carbonyl (C=O) groups is 1. The predicted molar refractivity (Wildman–Crippen MR) is 155 cm³/mol. The fourth-order valence-corrected chi connectivity index (χ4v) is 6.29. The van der Waals surface area contributed by atoms with Gasteiger partial charge in [0.05, 0.1) is 20.1 Å². The van der Waals surface area contributed by atoms with E-state index < -0.39 is 6.10 Å². The van der Waals surface area contributed by atoms with Crippen LogP contribution in [0.1, 0.15) is 52.7 Å². The molecule has 1 aliphatic carbocycles. The molecule has 6 nitrogen and oxygen atoms in total. The average Bonchev–Trinajstić information content (AvgIpc) is 3.55. The Balaban J connectivity index is 1.30. The van der Waals surface area contributed by atoms with Crippen LogP contribution in [-0.2, 0) is 23.0 Å². The lowest BCUT2D eigenvalue weighted by molar-refractivity contribution is -0.141. The van der Waals surface area contributed by atoms with Crippen molar-refractivity contribution in [3.8, 4) is 33.8 Å². The number of nitrogens with zero attached hydrogens (tertiary/aromatic N) is 1. The van der Waals surface area contributed by atoms with Gasteiger partial charge in [-0.2, -0.15) is 0 Å². The first-order chi connectivity index (χ1) is 19.7. The zero-order chi connectivity index (χ0) is 28.8. The highest BCUT2D eigenvalue weighted by Gasteiger charge is 2.32. The van der Waals surface area contributed by atoms with Crippen molar-refractivity contribution in [3.63, 3.8) is 0 Å². The molecule has 4 aromatic rings. The van der Waals surface area contributed by atoms with E-state index in [1.54, 1.807) is 23.7 Å². The highest BCUT2D eigenvalue weighted by Crippen LogP contribution is 2.45. The Morgan fingerprint density at radius 1 is 1.05 bits per heavy atom. The Bertz CT molecular complexity index is 1720. The highest BCUT2D eigenvalue weighted by atomic mass is 19.1. The third kappa shape index (κ3) is 4.90. The first-order valence-electron chi connectivity index (χ1n) is 13.8. The number of hydrogen-bond donors (Lipinski definition) is 0. The summed E-state index contributed by atoms with van der Waals surface area (Å²) in [5.41, 5.74) is 8.79. The van der Waals surface area contributed by atoms with Crippen LogP contribution in [0.5, 0.6) is 11.5 Å². The van der Waals surface area contributed by atoms with Crippen LogP contribution in [0.3, 0.4) is 0 Å². The molecule has 2 aliphatic rings. The van der Waals surface area contributed by atoms with Gasteiger partial charge in [-0.05, 0) is 83.8 Å². The van der Waals surface area contributed by atoms with Gasteiger partial charge in [-0.15, -0.1) is 0 Å². The molecule has 41 heavy (non-hydrogen) atoms. The van der Waals surface area contributed by atoms with Crippen LogP contribution in [0.15, 0.2) is 65.6 Å². The van der Waals surface area contributed by atoms with Gasteiger partial charge < -0.3 is 18.8 Å². The Morgan fingerprint density at radius 3 is 2.56 bits per heavy atom. The van der Waals surface area contributed by atoms with Crippen molar-refractivity contribution in [1.29, 1.82) is 0 Å². The summed E-state index contributed by atoms with van der Waals surface area (Å²) >= 11 is 0. The van der Waals surface area contributed by atoms with Gasteiger partial charge in [0.25, 0.3) is 0 Å². The van der Waals surface area contributed by atoms with E-state index in [-0.39, 0.29) is 29.7 Å². The molecule has 1 aliphatic heterocycles. The summed E-state index contributed by atoms with van der Waals surface area (Å²) in [6, 6.07) is 16.7. The highest BCUT2D eigenvalue weighted by molar-refractivity contribution is 5.79. The molecule has 0 bridgehead atoms. The SMILES string of the molecule is COC(=O)CC1COc2cc(OC3CCc4c(-c5c(C)cc(-c6ccc(=O)n(C)c6)cc5C)ccc(F)c43)ccc21. The van der Waals surface area contributed by atoms with Crippen LogP contribution >= 0.6 is 0 Å². The van der Waals surface area contributed by atoms with Gasteiger partial charge in [0.15, 0.2) is 0 Å². The molecule has 0 spiro atoms. The van der Waals surface area contributed by atoms with E-state index in [4.69, 9.17) is 14.2 Å². The minimum Gasteiger partial charge on any atom is -0.492 e. The van der Waals surface area contributed by atoms with Crippen molar-refractivity contribution < 1.29 is 23.4 Å². The summed E-state index contributed by atoms with van der Waals surface area (Å²) in [5.74, 6) is 0.713. The third-order valence-corrected chi connectivity index (χ3v) is 8.29. The predicted octanol–water partition coefficient (Wildman–Crippen LogP) is 6.58. The molecule has 0 radical (unpaired) electrons. The minimum absolute atomic E-state index is 0.0485. The Morgan fingerprint density at radius 2 is 1.83 bits per heavy atom. The molecule has 2 heterocycles. The van der Waals surface area contributed by atoms with Crippen molar-refractivity contribution in [2.75, 3.05) is 13.7 Å². The maximum absolute atomic E-state index is 15.3. The second-order valence-electron chi connectivity index (χ2n) is 11.0. The molecule has 0 saturated heterocycles. The molecule has 0 saturated carbocycles. The number of halogens is 1. The minimum atomic E-state index is -0.416. The molecule has 0 fully saturated rings. The molecular weight excluding hydrogens is 521 g/mol. The van der Waals surface area contributed by atoms with Gasteiger partial charge >= 0.3 is 5.97 Å². The number of fused-ring (bicyclic) bond motifs is 2. The average molecular weight is 554 g/mol. The number of ether oxygens (including phenoxy) is 3. The molecule has 2 atom stereocenters. The second-order valence-corrected chi connectivity index (χ2v) is 11.0. The Hall–Kier alpha value is -4.39. The fraction of sp³-hybridized carbons (Fsp3) is 0.294. The molecule has 0 N–H and O–H groups in total. The summed E-state index contributed by atoms with van der Waals surface area (Å²) in [5, 5.41) is 0. The van der Waals surface area contributed by atoms with Gasteiger partial charge in [-0.1, -0.05) is 24.3 Å². The Labute approximate surface area is 238 Å². The zero-order valence-corrected chi connectivity index (χ0v) is 23.6. The second kappa shape index (κ2) is 10.5. The zero-order valence-electron chi connectivity index (χ0n) is 23.6. The summed E-state index contributed by atoms with van der Waals surface area (Å²) in [4.78, 5) is 23.6. The molecule has 6 rings (SSSR count). The van der Waals surface area contributed by atoms with Crippen LogP contribution in [0.4, 0.5) is 4.39 Å². The van der Waals surface area contributed by atoms with E-state index in [0.29, 0.717) is 36.5 Å². The van der Waals surface area contributed by atoms with E-state index >= 15 is 4.39 Å². The number of esters is 1. The van der Waals surface area contributed by atoms with Crippen LogP contribution in [-0.4, -0.2) is 24.3 Å². The number of aromatic nitrogens is 1. The molecular formula is C34H32FNO5. The third-order valence-electron chi connectivity index (χ3n) is 8.29. The number of aryl methyl sites for hydroxylation is 3. The summed E-state index contributed by atoms with van der Waals surface area (Å²) in [7, 11) is 3.13. The quantitative estimate of drug-likeness (QED) is 0.252. The number of pyridine rings is 1. The maximum atomic E-state index is 15.3. The maximum Gasteiger partial charge on any atom is 0.306 e. The topological polar surface area (TPSA) is 66.8 Å². The van der Waals surface area contributed by atoms with Gasteiger partial charge in [-0.25, -0.2) is 4.39 Å². The molecule has 7 heteroatoms. The lowest BCUT2D eigenvalue weighted by Gasteiger charge is -2.19. The van der Waals surface area contributed by atoms with E-state index in [0.717, 1.165) is 44.5 Å². The van der Waals surface area contributed by atoms with Gasteiger partial charge in [-0.3, -0.25) is 9.59 Å². The fourth-order valence-electron chi connectivity index (χ4n) is 6.29. The normalized spacial score (nSPS) is 17.1. The molecule has 0 amide bonds. The van der Waals surface area contributed by atoms with Crippen molar-refractivity contribution >= 4 is 5.97 Å². The lowest BCUT2D eigenvalue weighted by Crippen LogP contribution is -2.13. The van der Waals surface area contributed by atoms with Crippen LogP contribution in [0, 0.1) is 19.7 Å². The first-order valence-corrected chi connectivity index (χ1v) is 13.8. The first kappa shape index (κ1) is 26.8. The molecule has 210 valence electrons. The Kier molecular flexibility index (Phi) is 6.89.